The van der Waals surface area contributed by atoms with E-state index in [-0.39, 0.29) is 129 Å². The van der Waals surface area contributed by atoms with Crippen LogP contribution in [0.4, 0.5) is 0 Å². The van der Waals surface area contributed by atoms with Crippen molar-refractivity contribution in [3.8, 4) is 0 Å². The first-order valence-corrected chi connectivity index (χ1v) is 31.3. The van der Waals surface area contributed by atoms with Crippen LogP contribution in [0.3, 0.4) is 0 Å². The van der Waals surface area contributed by atoms with Crippen LogP contribution in [0.5, 0.6) is 0 Å². The Bertz CT molecular complexity index is 2350. The molecule has 3 aliphatic heterocycles. The number of unbranched alkanes of at least 4 members (excludes halogenated alkanes) is 4. The molecule has 24 N–H and O–H groups in total. The topological polar surface area (TPSA) is 575 Å². The van der Waals surface area contributed by atoms with Crippen molar-refractivity contribution in [2.24, 2.45) is 22.9 Å². The first kappa shape index (κ1) is 78.5. The number of aliphatic hydroxyl groups excluding tert-OH is 4. The second-order valence-corrected chi connectivity index (χ2v) is 22.9. The van der Waals surface area contributed by atoms with Gasteiger partial charge in [0.1, 0.15) is 72.5 Å². The molecule has 0 aromatic rings. The van der Waals surface area contributed by atoms with Gasteiger partial charge in [-0.15, -0.1) is 0 Å². The fraction of sp³-hybridized carbons (Fsp3) is 0.750. The molecule has 92 heavy (non-hydrogen) atoms. The lowest BCUT2D eigenvalue weighted by atomic mass is 10.1. The Kier molecular flexibility index (Phi) is 35.6. The molecule has 0 aromatic carbocycles. The number of aliphatic hydroxyl groups is 4. The molecule has 3 fully saturated rings. The van der Waals surface area contributed by atoms with E-state index in [2.05, 4.69) is 63.8 Å². The second-order valence-electron chi connectivity index (χ2n) is 22.9. The molecule has 12 atom stereocenters. The van der Waals surface area contributed by atoms with Crippen LogP contribution in [0.2, 0.25) is 0 Å². The molecule has 520 valence electrons. The molecular formula is C56H98N18O18. The van der Waals surface area contributed by atoms with Crippen molar-refractivity contribution in [1.29, 1.82) is 0 Å². The highest BCUT2D eigenvalue weighted by Gasteiger charge is 2.41. The molecule has 3 saturated heterocycles. The average molecular weight is 1310 g/mol. The zero-order valence-electron chi connectivity index (χ0n) is 52.4. The summed E-state index contributed by atoms with van der Waals surface area (Å²) in [6, 6.07) is -15.3. The van der Waals surface area contributed by atoms with E-state index in [0.29, 0.717) is 12.8 Å². The van der Waals surface area contributed by atoms with Crippen molar-refractivity contribution in [3.05, 3.63) is 0 Å². The van der Waals surface area contributed by atoms with E-state index in [1.807, 2.05) is 0 Å². The summed E-state index contributed by atoms with van der Waals surface area (Å²) < 4.78 is 0. The normalized spacial score (nSPS) is 24.3. The van der Waals surface area contributed by atoms with Gasteiger partial charge in [-0.05, 0) is 117 Å². The van der Waals surface area contributed by atoms with Gasteiger partial charge in [0.2, 0.25) is 82.7 Å². The van der Waals surface area contributed by atoms with Crippen molar-refractivity contribution in [2.75, 3.05) is 78.8 Å². The van der Waals surface area contributed by atoms with Gasteiger partial charge in [-0.25, -0.2) is 0 Å². The zero-order chi connectivity index (χ0) is 68.5. The van der Waals surface area contributed by atoms with Gasteiger partial charge >= 0.3 is 0 Å². The number of fused-ring (bicyclic) bond motifs is 2. The molecule has 3 aliphatic rings. The minimum Gasteiger partial charge on any atom is -0.394 e. The lowest BCUT2D eigenvalue weighted by molar-refractivity contribution is -0.142. The summed E-state index contributed by atoms with van der Waals surface area (Å²) in [6.07, 6.45) is 2.33. The molecular weight excluding hydrogens is 1210 g/mol. The Morgan fingerprint density at radius 2 is 0.696 bits per heavy atom. The molecule has 36 heteroatoms. The van der Waals surface area contributed by atoms with E-state index >= 15 is 0 Å². The van der Waals surface area contributed by atoms with Gasteiger partial charge in [0, 0.05) is 39.3 Å². The fourth-order valence-electron chi connectivity index (χ4n) is 10.1. The van der Waals surface area contributed by atoms with Crippen LogP contribution in [0.1, 0.15) is 117 Å². The maximum atomic E-state index is 14.5. The largest absolute Gasteiger partial charge is 0.394 e. The first-order chi connectivity index (χ1) is 43.8. The predicted octanol–water partition coefficient (Wildman–Crippen LogP) is -10.4. The van der Waals surface area contributed by atoms with Crippen LogP contribution in [0, 0.1) is 0 Å². The minimum atomic E-state index is -1.39. The number of rotatable bonds is 28. The monoisotopic (exact) mass is 1310 g/mol. The van der Waals surface area contributed by atoms with E-state index in [9.17, 15) is 87.5 Å². The number of nitrogens with two attached hydrogens (primary N) is 4. The van der Waals surface area contributed by atoms with Crippen molar-refractivity contribution in [2.45, 2.75) is 189 Å². The lowest BCUT2D eigenvalue weighted by Gasteiger charge is -2.30. The quantitative estimate of drug-likeness (QED) is 0.0324. The third-order valence-electron chi connectivity index (χ3n) is 15.6. The van der Waals surface area contributed by atoms with Gasteiger partial charge in [-0.1, -0.05) is 0 Å². The van der Waals surface area contributed by atoms with Crippen LogP contribution in [0.25, 0.3) is 0 Å². The molecule has 14 amide bonds. The van der Waals surface area contributed by atoms with Gasteiger partial charge in [-0.2, -0.15) is 0 Å². The summed E-state index contributed by atoms with van der Waals surface area (Å²) in [5.74, 6) is -10.7. The maximum Gasteiger partial charge on any atom is 0.245 e. The van der Waals surface area contributed by atoms with Crippen LogP contribution in [-0.2, 0) is 67.1 Å². The fourth-order valence-corrected chi connectivity index (χ4v) is 10.1. The zero-order valence-corrected chi connectivity index (χ0v) is 52.4. The molecule has 36 nitrogen and oxygen atoms in total. The van der Waals surface area contributed by atoms with Gasteiger partial charge in [0.25, 0.3) is 0 Å². The number of nitrogens with zero attached hydrogens (tertiary/aromatic N) is 2. The Labute approximate surface area is 533 Å². The summed E-state index contributed by atoms with van der Waals surface area (Å²) in [7, 11) is 0. The minimum absolute atomic E-state index is 0.0339. The highest BCUT2D eigenvalue weighted by atomic mass is 16.3. The summed E-state index contributed by atoms with van der Waals surface area (Å²) in [4.78, 5) is 192. The van der Waals surface area contributed by atoms with Crippen molar-refractivity contribution in [1.82, 2.24) is 73.6 Å². The Morgan fingerprint density at radius 3 is 0.978 bits per heavy atom. The van der Waals surface area contributed by atoms with Crippen LogP contribution >= 0.6 is 0 Å². The SMILES string of the molecule is C[C@@H]1NC(=O)[C@H](CCCCNC(=O)[C@@H](N)CO)NC(=O)CNC(=O)[C@@H]2CCCN2C(=O)[C@H](CCCCNC(=O)[C@@H](N)CO)NC(=O)[C@H](C)NC(=O)[C@H](CCCCNC(=O)[C@@H](N)CO)NC(=O)CNC(=O)[C@@H]2CCCN2C(=O)[C@H](CCCCNC(=O)[C@@H](N)CO)NC1=O. The number of carbonyl (C=O) groups is 14. The van der Waals surface area contributed by atoms with Crippen LogP contribution in [0.15, 0.2) is 0 Å². The molecule has 0 radical (unpaired) electrons. The highest BCUT2D eigenvalue weighted by Crippen LogP contribution is 2.22. The van der Waals surface area contributed by atoms with Crippen molar-refractivity contribution >= 4 is 82.7 Å². The molecule has 0 aliphatic carbocycles. The molecule has 0 spiro atoms. The number of amides is 14. The third-order valence-corrected chi connectivity index (χ3v) is 15.6. The second kappa shape index (κ2) is 41.7. The number of nitrogens with one attached hydrogen (secondary N) is 12. The number of carbonyl (C=O) groups excluding carboxylic acids is 14. The van der Waals surface area contributed by atoms with Gasteiger partial charge in [0.05, 0.1) is 39.5 Å². The third kappa shape index (κ3) is 26.8. The standard InChI is InChI=1S/C56H98N18O18/c1-31-45(81)71-39(15-5-9-21-63-49(85)35(59)29-77)55(91)73-23-11-17-41(73)53(89)66-26-44(80)70-38(14-4-8-20-62-48(84)34(58)28-76)52(88)68-32(2)46(82)72-40(16-6-10-22-64-50(86)36(60)30-78)56(92)74-24-12-18-42(74)54(90)65-25-43(79)69-37(51(87)67-31)13-3-7-19-61-47(83)33(57)27-75/h31-42,75-78H,3-30,57-60H2,1-2H3,(H,61,83)(H,62,84)(H,63,85)(H,64,86)(H,65,90)(H,66,89)(H,67,87)(H,68,88)(H,69,79)(H,70,80)(H,71,81)(H,72,82)/t31-,32-,33-,34-,35-,36-,37-,38-,39-,40-,41-,42-/m0/s1. The number of hydrogen-bond acceptors (Lipinski definition) is 22. The van der Waals surface area contributed by atoms with E-state index in [0.717, 1.165) is 0 Å². The van der Waals surface area contributed by atoms with Crippen LogP contribution < -0.4 is 86.7 Å². The van der Waals surface area contributed by atoms with Gasteiger partial charge in [0.15, 0.2) is 0 Å². The molecule has 3 rings (SSSR count). The Hall–Kier alpha value is -7.74. The van der Waals surface area contributed by atoms with Crippen molar-refractivity contribution < 1.29 is 87.5 Å². The lowest BCUT2D eigenvalue weighted by Crippen LogP contribution is -2.59. The number of hydrogen-bond donors (Lipinski definition) is 20. The average Bonchev–Trinajstić information content (AvgIpc) is 1.67. The summed E-state index contributed by atoms with van der Waals surface area (Å²) in [5, 5.41) is 67.8. The molecule has 0 unspecified atom stereocenters. The van der Waals surface area contributed by atoms with Gasteiger partial charge in [-0.3, -0.25) is 67.1 Å². The molecule has 0 saturated carbocycles. The van der Waals surface area contributed by atoms with E-state index in [4.69, 9.17) is 22.9 Å². The summed E-state index contributed by atoms with van der Waals surface area (Å²) in [5.41, 5.74) is 22.4. The molecule has 3 heterocycles. The first-order valence-electron chi connectivity index (χ1n) is 31.3. The van der Waals surface area contributed by atoms with Crippen LogP contribution in [-0.4, -0.2) is 264 Å². The Balaban J connectivity index is 2.03. The molecule has 0 aromatic heterocycles. The predicted molar refractivity (Wildman–Crippen MR) is 326 cm³/mol. The maximum absolute atomic E-state index is 14.5. The smallest absolute Gasteiger partial charge is 0.245 e. The Morgan fingerprint density at radius 1 is 0.413 bits per heavy atom. The molecule has 0 bridgehead atoms. The van der Waals surface area contributed by atoms with Crippen molar-refractivity contribution in [3.63, 3.8) is 0 Å². The summed E-state index contributed by atoms with van der Waals surface area (Å²) >= 11 is 0. The van der Waals surface area contributed by atoms with Gasteiger partial charge < -0.3 is 117 Å². The summed E-state index contributed by atoms with van der Waals surface area (Å²) in [6.45, 7) is -0.957. The van der Waals surface area contributed by atoms with E-state index in [1.165, 1.54) is 23.6 Å². The highest BCUT2D eigenvalue weighted by molar-refractivity contribution is 5.99. The van der Waals surface area contributed by atoms with E-state index < -0.39 is 195 Å². The van der Waals surface area contributed by atoms with E-state index in [1.54, 1.807) is 0 Å².